The van der Waals surface area contributed by atoms with Gasteiger partial charge in [0.25, 0.3) is 11.2 Å². The molecule has 34 heavy (non-hydrogen) atoms. The Balaban J connectivity index is 1.50. The predicted octanol–water partition coefficient (Wildman–Crippen LogP) is -0.0621. The van der Waals surface area contributed by atoms with E-state index in [1.54, 1.807) is 12.1 Å². The second-order valence-electron chi connectivity index (χ2n) is 7.79. The summed E-state index contributed by atoms with van der Waals surface area (Å²) in [5.74, 6) is 1.35. The predicted molar refractivity (Wildman–Crippen MR) is 122 cm³/mol. The summed E-state index contributed by atoms with van der Waals surface area (Å²) in [6, 6.07) is 8.54. The number of rotatable bonds is 7. The number of sulfonamides is 1. The first-order valence-electron chi connectivity index (χ1n) is 10.5. The lowest BCUT2D eigenvalue weighted by molar-refractivity contribution is -0.917. The van der Waals surface area contributed by atoms with Gasteiger partial charge in [-0.05, 0) is 12.1 Å². The van der Waals surface area contributed by atoms with E-state index in [9.17, 15) is 23.3 Å². The number of ether oxygens (including phenoxy) is 2. The molecule has 0 amide bonds. The van der Waals surface area contributed by atoms with Crippen LogP contribution in [0.3, 0.4) is 0 Å². The van der Waals surface area contributed by atoms with Crippen LogP contribution < -0.4 is 19.9 Å². The maximum absolute atomic E-state index is 13.0. The third-order valence-electron chi connectivity index (χ3n) is 5.79. The van der Waals surface area contributed by atoms with Crippen LogP contribution in [-0.2, 0) is 16.6 Å². The van der Waals surface area contributed by atoms with Crippen LogP contribution in [0.15, 0.2) is 46.1 Å². The van der Waals surface area contributed by atoms with Crippen molar-refractivity contribution in [3.8, 4) is 11.5 Å². The highest BCUT2D eigenvalue weighted by molar-refractivity contribution is 7.89. The standard InChI is InChI=1S/C21H23N5O7S/c1-32-17-11-14-15(12-18(17)33-2)22-20(23-21(14)27)13-24-7-9-25(10-8-24)34(30,31)19-6-4-3-5-16(19)26(28)29/h3-6,11-12H,7-10,13H2,1-2H3,(H,22,23,27)/p+1. The molecule has 2 N–H and O–H groups in total. The van der Waals surface area contributed by atoms with E-state index in [2.05, 4.69) is 9.97 Å². The van der Waals surface area contributed by atoms with Gasteiger partial charge in [0, 0.05) is 12.1 Å². The Bertz CT molecular complexity index is 1400. The number of methoxy groups -OCH3 is 2. The first-order chi connectivity index (χ1) is 16.2. The molecule has 0 saturated carbocycles. The molecule has 0 radical (unpaired) electrons. The number of nitro groups is 1. The maximum atomic E-state index is 13.0. The van der Waals surface area contributed by atoms with Crippen LogP contribution in [0.2, 0.25) is 0 Å². The lowest BCUT2D eigenvalue weighted by Gasteiger charge is -2.31. The van der Waals surface area contributed by atoms with Crippen LogP contribution in [0.5, 0.6) is 11.5 Å². The van der Waals surface area contributed by atoms with Gasteiger partial charge in [-0.1, -0.05) is 12.1 Å². The summed E-state index contributed by atoms with van der Waals surface area (Å²) in [7, 11) is -1.02. The third-order valence-corrected chi connectivity index (χ3v) is 7.73. The highest BCUT2D eigenvalue weighted by Crippen LogP contribution is 2.30. The average molecular weight is 491 g/mol. The number of benzene rings is 2. The number of nitro benzene ring substituents is 1. The first kappa shape index (κ1) is 23.6. The number of aromatic amines is 1. The van der Waals surface area contributed by atoms with Crippen LogP contribution in [0, 0.1) is 10.1 Å². The minimum Gasteiger partial charge on any atom is -0.493 e. The zero-order chi connectivity index (χ0) is 24.5. The molecular weight excluding hydrogens is 466 g/mol. The molecule has 3 aromatic rings. The van der Waals surface area contributed by atoms with Crippen molar-refractivity contribution in [2.75, 3.05) is 40.4 Å². The van der Waals surface area contributed by atoms with Crippen molar-refractivity contribution in [2.45, 2.75) is 11.4 Å². The third kappa shape index (κ3) is 4.44. The first-order valence-corrected chi connectivity index (χ1v) is 11.9. The number of aromatic nitrogens is 2. The van der Waals surface area contributed by atoms with Gasteiger partial charge >= 0.3 is 0 Å². The van der Waals surface area contributed by atoms with Crippen molar-refractivity contribution < 1.29 is 27.7 Å². The van der Waals surface area contributed by atoms with Gasteiger partial charge in [-0.3, -0.25) is 14.9 Å². The number of nitrogens with one attached hydrogen (secondary N) is 2. The van der Waals surface area contributed by atoms with E-state index >= 15 is 0 Å². The molecule has 1 fully saturated rings. The molecule has 2 heterocycles. The molecule has 1 saturated heterocycles. The molecule has 0 aliphatic carbocycles. The fraction of sp³-hybridized carbons (Fsp3) is 0.333. The average Bonchev–Trinajstić information content (AvgIpc) is 2.83. The fourth-order valence-corrected chi connectivity index (χ4v) is 5.62. The number of piperazine rings is 1. The normalized spacial score (nSPS) is 15.4. The van der Waals surface area contributed by atoms with Crippen molar-refractivity contribution in [3.05, 3.63) is 62.7 Å². The topological polar surface area (TPSA) is 149 Å². The summed E-state index contributed by atoms with van der Waals surface area (Å²) in [6.07, 6.45) is 0. The van der Waals surface area contributed by atoms with Gasteiger partial charge in [-0.15, -0.1) is 0 Å². The molecule has 13 heteroatoms. The molecule has 0 spiro atoms. The molecule has 1 aliphatic rings. The molecule has 4 rings (SSSR count). The largest absolute Gasteiger partial charge is 0.493 e. The van der Waals surface area contributed by atoms with E-state index in [0.29, 0.717) is 47.9 Å². The summed E-state index contributed by atoms with van der Waals surface area (Å²) >= 11 is 0. The number of para-hydroxylation sites is 1. The molecule has 1 aliphatic heterocycles. The summed E-state index contributed by atoms with van der Waals surface area (Å²) in [4.78, 5) is 31.2. The van der Waals surface area contributed by atoms with Crippen molar-refractivity contribution in [2.24, 2.45) is 0 Å². The van der Waals surface area contributed by atoms with Crippen LogP contribution in [0.1, 0.15) is 5.82 Å². The number of quaternary nitrogens is 1. The van der Waals surface area contributed by atoms with Gasteiger partial charge in [-0.25, -0.2) is 13.4 Å². The van der Waals surface area contributed by atoms with Crippen LogP contribution in [0.4, 0.5) is 5.69 Å². The molecule has 0 unspecified atom stereocenters. The molecule has 0 atom stereocenters. The molecule has 1 aromatic heterocycles. The Kier molecular flexibility index (Phi) is 6.50. The van der Waals surface area contributed by atoms with Crippen LogP contribution in [0.25, 0.3) is 10.9 Å². The van der Waals surface area contributed by atoms with Crippen molar-refractivity contribution in [1.82, 2.24) is 14.3 Å². The van der Waals surface area contributed by atoms with Crippen molar-refractivity contribution in [1.29, 1.82) is 0 Å². The van der Waals surface area contributed by atoms with Crippen LogP contribution in [-0.4, -0.2) is 68.0 Å². The Labute approximate surface area is 194 Å². The summed E-state index contributed by atoms with van der Waals surface area (Å²) in [6.45, 7) is 1.67. The minimum absolute atomic E-state index is 0.187. The zero-order valence-electron chi connectivity index (χ0n) is 18.6. The van der Waals surface area contributed by atoms with E-state index in [-0.39, 0.29) is 23.5 Å². The van der Waals surface area contributed by atoms with Crippen LogP contribution >= 0.6 is 0 Å². The smallest absolute Gasteiger partial charge is 0.289 e. The second-order valence-corrected chi connectivity index (χ2v) is 9.70. The Morgan fingerprint density at radius 2 is 1.79 bits per heavy atom. The zero-order valence-corrected chi connectivity index (χ0v) is 19.4. The van der Waals surface area contributed by atoms with E-state index < -0.39 is 20.6 Å². The highest BCUT2D eigenvalue weighted by Gasteiger charge is 2.35. The number of hydrogen-bond acceptors (Lipinski definition) is 8. The lowest BCUT2D eigenvalue weighted by atomic mass is 10.2. The minimum atomic E-state index is -4.00. The summed E-state index contributed by atoms with van der Waals surface area (Å²) < 4.78 is 37.8. The Hall–Kier alpha value is -3.55. The molecule has 180 valence electrons. The highest BCUT2D eigenvalue weighted by atomic mass is 32.2. The number of nitrogens with zero attached hydrogens (tertiary/aromatic N) is 3. The summed E-state index contributed by atoms with van der Waals surface area (Å²) in [5.41, 5.74) is -0.284. The van der Waals surface area contributed by atoms with Crippen molar-refractivity contribution in [3.63, 3.8) is 0 Å². The van der Waals surface area contributed by atoms with Gasteiger partial charge in [0.05, 0.1) is 56.2 Å². The second kappa shape index (κ2) is 9.37. The number of H-pyrrole nitrogens is 1. The Morgan fingerprint density at radius 1 is 1.15 bits per heavy atom. The maximum Gasteiger partial charge on any atom is 0.289 e. The van der Waals surface area contributed by atoms with E-state index in [4.69, 9.17) is 9.47 Å². The number of hydrogen-bond donors (Lipinski definition) is 2. The quantitative estimate of drug-likeness (QED) is 0.346. The van der Waals surface area contributed by atoms with Gasteiger partial charge in [0.2, 0.25) is 10.0 Å². The van der Waals surface area contributed by atoms with Gasteiger partial charge in [0.15, 0.2) is 22.2 Å². The molecule has 12 nitrogen and oxygen atoms in total. The van der Waals surface area contributed by atoms with Gasteiger partial charge in [0.1, 0.15) is 6.54 Å². The number of fused-ring (bicyclic) bond motifs is 1. The monoisotopic (exact) mass is 490 g/mol. The molecule has 2 aromatic carbocycles. The molecule has 0 bridgehead atoms. The van der Waals surface area contributed by atoms with Gasteiger partial charge in [-0.2, -0.15) is 4.31 Å². The fourth-order valence-electron chi connectivity index (χ4n) is 4.02. The SMILES string of the molecule is COc1cc2nc(C[NH+]3CCN(S(=O)(=O)c4ccccc4[N+](=O)[O-])CC3)[nH]c(=O)c2cc1OC. The van der Waals surface area contributed by atoms with Crippen molar-refractivity contribution >= 4 is 26.6 Å². The molecular formula is C21H24N5O7S+. The van der Waals surface area contributed by atoms with Gasteiger partial charge < -0.3 is 19.4 Å². The van der Waals surface area contributed by atoms with E-state index in [0.717, 1.165) is 4.90 Å². The lowest BCUT2D eigenvalue weighted by Crippen LogP contribution is -3.13. The van der Waals surface area contributed by atoms with E-state index in [1.165, 1.54) is 42.8 Å². The summed E-state index contributed by atoms with van der Waals surface area (Å²) in [5, 5.41) is 11.6. The Morgan fingerprint density at radius 3 is 2.44 bits per heavy atom. The van der Waals surface area contributed by atoms with E-state index in [1.807, 2.05) is 0 Å².